The summed E-state index contributed by atoms with van der Waals surface area (Å²) in [6.07, 6.45) is 0.498. The van der Waals surface area contributed by atoms with Crippen LogP contribution < -0.4 is 0 Å². The van der Waals surface area contributed by atoms with Gasteiger partial charge < -0.3 is 14.9 Å². The normalized spacial score (nSPS) is 22.6. The van der Waals surface area contributed by atoms with Crippen LogP contribution in [0.5, 0.6) is 0 Å². The van der Waals surface area contributed by atoms with Crippen molar-refractivity contribution in [2.24, 2.45) is 10.4 Å². The lowest BCUT2D eigenvalue weighted by Gasteiger charge is -2.31. The maximum Gasteiger partial charge on any atom is 0.328 e. The average Bonchev–Trinajstić information content (AvgIpc) is 2.42. The predicted molar refractivity (Wildman–Crippen MR) is 83.5 cm³/mol. The van der Waals surface area contributed by atoms with E-state index in [4.69, 9.17) is 5.11 Å². The van der Waals surface area contributed by atoms with Gasteiger partial charge in [0.15, 0.2) is 5.78 Å². The molecule has 1 saturated carbocycles. The number of hydrogen-bond acceptors (Lipinski definition) is 6. The lowest BCUT2D eigenvalue weighted by atomic mass is 9.73. The molecule has 1 aliphatic carbocycles. The van der Waals surface area contributed by atoms with Crippen molar-refractivity contribution < 1.29 is 29.3 Å². The maximum absolute atomic E-state index is 12.4. The Morgan fingerprint density at radius 3 is 2.39 bits per heavy atom. The molecule has 0 aromatic rings. The molecule has 0 aliphatic heterocycles. The first kappa shape index (κ1) is 18.9. The Kier molecular flexibility index (Phi) is 6.06. The number of carboxylic acid groups (broad SMARTS) is 1. The van der Waals surface area contributed by atoms with E-state index in [9.17, 15) is 19.5 Å². The van der Waals surface area contributed by atoms with Crippen LogP contribution in [0.15, 0.2) is 16.3 Å². The molecule has 1 rings (SSSR count). The minimum absolute atomic E-state index is 0.0429. The lowest BCUT2D eigenvalue weighted by molar-refractivity contribution is -0.141. The molecule has 2 N–H and O–H groups in total. The summed E-state index contributed by atoms with van der Waals surface area (Å²) in [5, 5.41) is 19.2. The number of nitrogens with zero attached hydrogens (tertiary/aromatic N) is 1. The Balaban J connectivity index is 3.19. The minimum Gasteiger partial charge on any atom is -0.511 e. The molecular weight excluding hydrogens is 302 g/mol. The molecule has 0 saturated heterocycles. The standard InChI is InChI=1S/C16H23NO6/c1-9(15(21)22)17-10-7-16(2,3)8-12(19)14(10)11(18)5-6-13(20)23-4/h9,18H,5-8H2,1-4H3,(H,21,22)/b14-11+,17-10?. The van der Waals surface area contributed by atoms with E-state index >= 15 is 0 Å². The van der Waals surface area contributed by atoms with Gasteiger partial charge in [-0.2, -0.15) is 0 Å². The van der Waals surface area contributed by atoms with Crippen LogP contribution in [-0.4, -0.2) is 46.8 Å². The van der Waals surface area contributed by atoms with Gasteiger partial charge in [-0.15, -0.1) is 0 Å². The van der Waals surface area contributed by atoms with E-state index in [0.29, 0.717) is 6.42 Å². The summed E-state index contributed by atoms with van der Waals surface area (Å²) in [5.74, 6) is -2.15. The summed E-state index contributed by atoms with van der Waals surface area (Å²) in [6.45, 7) is 5.17. The highest BCUT2D eigenvalue weighted by Gasteiger charge is 2.36. The monoisotopic (exact) mass is 325 g/mol. The van der Waals surface area contributed by atoms with Crippen molar-refractivity contribution in [1.29, 1.82) is 0 Å². The fraction of sp³-hybridized carbons (Fsp3) is 0.625. The van der Waals surface area contributed by atoms with Gasteiger partial charge in [0.1, 0.15) is 11.8 Å². The zero-order valence-corrected chi connectivity index (χ0v) is 13.9. The van der Waals surface area contributed by atoms with E-state index in [0.717, 1.165) is 0 Å². The number of aliphatic imine (C=N–C) groups is 1. The zero-order chi connectivity index (χ0) is 17.8. The molecule has 7 heteroatoms. The SMILES string of the molecule is COC(=O)CC/C(O)=C1\C(=O)CC(C)(C)CC1=NC(C)C(=O)O. The van der Waals surface area contributed by atoms with Gasteiger partial charge >= 0.3 is 11.9 Å². The third-order valence-electron chi connectivity index (χ3n) is 3.64. The number of aliphatic hydroxyl groups excluding tert-OH is 1. The first-order valence-electron chi connectivity index (χ1n) is 7.39. The summed E-state index contributed by atoms with van der Waals surface area (Å²) >= 11 is 0. The summed E-state index contributed by atoms with van der Waals surface area (Å²) < 4.78 is 4.51. The number of aliphatic carboxylic acids is 1. The number of ether oxygens (including phenoxy) is 1. The number of rotatable bonds is 5. The molecule has 128 valence electrons. The smallest absolute Gasteiger partial charge is 0.328 e. The predicted octanol–water partition coefficient (Wildman–Crippen LogP) is 2.05. The highest BCUT2D eigenvalue weighted by Crippen LogP contribution is 2.36. The van der Waals surface area contributed by atoms with E-state index in [-0.39, 0.29) is 47.5 Å². The topological polar surface area (TPSA) is 113 Å². The molecule has 1 atom stereocenters. The van der Waals surface area contributed by atoms with Gasteiger partial charge in [0.2, 0.25) is 0 Å². The number of esters is 1. The van der Waals surface area contributed by atoms with E-state index in [1.165, 1.54) is 14.0 Å². The Labute approximate surface area is 135 Å². The molecule has 0 spiro atoms. The summed E-state index contributed by atoms with van der Waals surface area (Å²) in [5.41, 5.74) is -0.0369. The number of Topliss-reactive ketones (excluding diaryl/α,β-unsaturated/α-hetero) is 1. The van der Waals surface area contributed by atoms with Crippen molar-refractivity contribution >= 4 is 23.4 Å². The number of allylic oxidation sites excluding steroid dienone is 2. The summed E-state index contributed by atoms with van der Waals surface area (Å²) in [4.78, 5) is 38.7. The van der Waals surface area contributed by atoms with Crippen LogP contribution in [-0.2, 0) is 19.1 Å². The Morgan fingerprint density at radius 1 is 1.26 bits per heavy atom. The number of hydrogen-bond donors (Lipinski definition) is 2. The molecule has 0 aromatic heterocycles. The van der Waals surface area contributed by atoms with Crippen molar-refractivity contribution in [3.63, 3.8) is 0 Å². The number of methoxy groups -OCH3 is 1. The number of carbonyl (C=O) groups is 3. The molecule has 7 nitrogen and oxygen atoms in total. The van der Waals surface area contributed by atoms with Crippen LogP contribution in [0.3, 0.4) is 0 Å². The van der Waals surface area contributed by atoms with Crippen LogP contribution in [0.4, 0.5) is 0 Å². The van der Waals surface area contributed by atoms with Crippen molar-refractivity contribution in [3.8, 4) is 0 Å². The molecule has 0 radical (unpaired) electrons. The Bertz CT molecular complexity index is 573. The second-order valence-corrected chi connectivity index (χ2v) is 6.43. The van der Waals surface area contributed by atoms with Crippen LogP contribution in [0.1, 0.15) is 46.5 Å². The van der Waals surface area contributed by atoms with Crippen molar-refractivity contribution in [1.82, 2.24) is 0 Å². The summed E-state index contributed by atoms with van der Waals surface area (Å²) in [7, 11) is 1.24. The van der Waals surface area contributed by atoms with Crippen molar-refractivity contribution in [2.45, 2.75) is 52.5 Å². The molecule has 0 heterocycles. The van der Waals surface area contributed by atoms with E-state index < -0.39 is 18.0 Å². The Hall–Kier alpha value is -2.18. The Morgan fingerprint density at radius 2 is 1.87 bits per heavy atom. The van der Waals surface area contributed by atoms with Gasteiger partial charge in [0, 0.05) is 12.8 Å². The molecular formula is C16H23NO6. The van der Waals surface area contributed by atoms with Gasteiger partial charge in [0.25, 0.3) is 0 Å². The van der Waals surface area contributed by atoms with E-state index in [1.54, 1.807) is 0 Å². The fourth-order valence-electron chi connectivity index (χ4n) is 2.46. The lowest BCUT2D eigenvalue weighted by Crippen LogP contribution is -2.34. The highest BCUT2D eigenvalue weighted by atomic mass is 16.5. The quantitative estimate of drug-likeness (QED) is 0.454. The van der Waals surface area contributed by atoms with Crippen LogP contribution >= 0.6 is 0 Å². The van der Waals surface area contributed by atoms with Gasteiger partial charge in [-0.05, 0) is 18.8 Å². The molecule has 0 bridgehead atoms. The van der Waals surface area contributed by atoms with Gasteiger partial charge in [0.05, 0.1) is 24.8 Å². The number of carbonyl (C=O) groups excluding carboxylic acids is 2. The molecule has 1 aliphatic rings. The summed E-state index contributed by atoms with van der Waals surface area (Å²) in [6, 6.07) is -1.02. The third-order valence-corrected chi connectivity index (χ3v) is 3.64. The first-order valence-corrected chi connectivity index (χ1v) is 7.39. The second-order valence-electron chi connectivity index (χ2n) is 6.43. The average molecular weight is 325 g/mol. The van der Waals surface area contributed by atoms with Gasteiger partial charge in [-0.25, -0.2) is 4.79 Å². The molecule has 0 aromatic carbocycles. The zero-order valence-electron chi connectivity index (χ0n) is 13.9. The molecule has 1 fully saturated rings. The third kappa shape index (κ3) is 5.19. The number of carboxylic acids is 1. The highest BCUT2D eigenvalue weighted by molar-refractivity contribution is 6.25. The second kappa shape index (κ2) is 7.39. The minimum atomic E-state index is -1.11. The number of aliphatic hydroxyl groups is 1. The molecule has 1 unspecified atom stereocenters. The van der Waals surface area contributed by atoms with Gasteiger partial charge in [-0.1, -0.05) is 13.8 Å². The largest absolute Gasteiger partial charge is 0.511 e. The van der Waals surface area contributed by atoms with E-state index in [1.807, 2.05) is 13.8 Å². The van der Waals surface area contributed by atoms with Crippen LogP contribution in [0.25, 0.3) is 0 Å². The molecule has 0 amide bonds. The van der Waals surface area contributed by atoms with Crippen molar-refractivity contribution in [2.75, 3.05) is 7.11 Å². The fourth-order valence-corrected chi connectivity index (χ4v) is 2.46. The van der Waals surface area contributed by atoms with E-state index in [2.05, 4.69) is 9.73 Å². The first-order chi connectivity index (χ1) is 10.6. The maximum atomic E-state index is 12.4. The van der Waals surface area contributed by atoms with Crippen LogP contribution in [0, 0.1) is 5.41 Å². The van der Waals surface area contributed by atoms with Crippen LogP contribution in [0.2, 0.25) is 0 Å². The van der Waals surface area contributed by atoms with Gasteiger partial charge in [-0.3, -0.25) is 14.6 Å². The van der Waals surface area contributed by atoms with Crippen molar-refractivity contribution in [3.05, 3.63) is 11.3 Å². The number of ketones is 1. The molecule has 23 heavy (non-hydrogen) atoms.